The van der Waals surface area contributed by atoms with Crippen LogP contribution in [0.4, 0.5) is 0 Å². The Balaban J connectivity index is 2.36. The van der Waals surface area contributed by atoms with Gasteiger partial charge in [0.25, 0.3) is 5.91 Å². The van der Waals surface area contributed by atoms with Gasteiger partial charge in [0.2, 0.25) is 0 Å². The maximum Gasteiger partial charge on any atom is 0.313 e. The molecule has 0 saturated carbocycles. The van der Waals surface area contributed by atoms with Crippen LogP contribution in [0.25, 0.3) is 0 Å². The zero-order chi connectivity index (χ0) is 13.5. The van der Waals surface area contributed by atoms with Crippen LogP contribution in [-0.4, -0.2) is 35.0 Å². The summed E-state index contributed by atoms with van der Waals surface area (Å²) in [6, 6.07) is 5.54. The SMILES string of the molecule is Cc1ccc(C(=O)NCCSCC(=O)O)cc1I. The summed E-state index contributed by atoms with van der Waals surface area (Å²) in [5.41, 5.74) is 1.78. The fraction of sp³-hybridized carbons (Fsp3) is 0.333. The highest BCUT2D eigenvalue weighted by Crippen LogP contribution is 2.13. The molecule has 2 N–H and O–H groups in total. The number of thioether (sulfide) groups is 1. The van der Waals surface area contributed by atoms with Crippen molar-refractivity contribution >= 4 is 46.2 Å². The number of aryl methyl sites for hydroxylation is 1. The Hall–Kier alpha value is -0.760. The van der Waals surface area contributed by atoms with Gasteiger partial charge in [-0.25, -0.2) is 0 Å². The molecule has 0 aromatic heterocycles. The predicted octanol–water partition coefficient (Wildman–Crippen LogP) is 2.15. The molecule has 0 unspecified atom stereocenters. The van der Waals surface area contributed by atoms with Gasteiger partial charge in [0.05, 0.1) is 5.75 Å². The average molecular weight is 379 g/mol. The van der Waals surface area contributed by atoms with Crippen LogP contribution in [0, 0.1) is 10.5 Å². The topological polar surface area (TPSA) is 66.4 Å². The highest BCUT2D eigenvalue weighted by molar-refractivity contribution is 14.1. The molecule has 1 rings (SSSR count). The second kappa shape index (κ2) is 7.63. The van der Waals surface area contributed by atoms with E-state index in [2.05, 4.69) is 27.9 Å². The summed E-state index contributed by atoms with van der Waals surface area (Å²) < 4.78 is 1.06. The van der Waals surface area contributed by atoms with E-state index in [1.54, 1.807) is 6.07 Å². The summed E-state index contributed by atoms with van der Waals surface area (Å²) in [5, 5.41) is 11.2. The van der Waals surface area contributed by atoms with Crippen molar-refractivity contribution in [2.24, 2.45) is 0 Å². The Morgan fingerprint density at radius 1 is 1.44 bits per heavy atom. The molecule has 4 nitrogen and oxygen atoms in total. The van der Waals surface area contributed by atoms with Crippen molar-refractivity contribution in [1.82, 2.24) is 5.32 Å². The van der Waals surface area contributed by atoms with E-state index in [0.717, 1.165) is 9.13 Å². The van der Waals surface area contributed by atoms with E-state index in [1.165, 1.54) is 11.8 Å². The Labute approximate surface area is 124 Å². The minimum atomic E-state index is -0.834. The van der Waals surface area contributed by atoms with E-state index >= 15 is 0 Å². The van der Waals surface area contributed by atoms with Crippen molar-refractivity contribution in [2.45, 2.75) is 6.92 Å². The number of carbonyl (C=O) groups excluding carboxylic acids is 1. The van der Waals surface area contributed by atoms with E-state index in [0.29, 0.717) is 17.9 Å². The lowest BCUT2D eigenvalue weighted by molar-refractivity contribution is -0.133. The number of carboxylic acid groups (broad SMARTS) is 1. The molecular formula is C12H14INO3S. The number of amides is 1. The number of rotatable bonds is 6. The van der Waals surface area contributed by atoms with Crippen LogP contribution in [-0.2, 0) is 4.79 Å². The van der Waals surface area contributed by atoms with Crippen LogP contribution >= 0.6 is 34.4 Å². The molecule has 0 saturated heterocycles. The van der Waals surface area contributed by atoms with Crippen LogP contribution in [0.2, 0.25) is 0 Å². The highest BCUT2D eigenvalue weighted by Gasteiger charge is 2.06. The second-order valence-corrected chi connectivity index (χ2v) is 5.93. The van der Waals surface area contributed by atoms with Gasteiger partial charge < -0.3 is 10.4 Å². The van der Waals surface area contributed by atoms with Crippen molar-refractivity contribution in [3.8, 4) is 0 Å². The summed E-state index contributed by atoms with van der Waals surface area (Å²) in [6.45, 7) is 2.47. The Kier molecular flexibility index (Phi) is 6.48. The lowest BCUT2D eigenvalue weighted by Gasteiger charge is -2.06. The number of nitrogens with one attached hydrogen (secondary N) is 1. The van der Waals surface area contributed by atoms with Crippen LogP contribution in [0.1, 0.15) is 15.9 Å². The van der Waals surface area contributed by atoms with Crippen LogP contribution < -0.4 is 5.32 Å². The number of carbonyl (C=O) groups is 2. The third kappa shape index (κ3) is 5.26. The second-order valence-electron chi connectivity index (χ2n) is 3.67. The van der Waals surface area contributed by atoms with Crippen molar-refractivity contribution in [3.05, 3.63) is 32.9 Å². The first-order valence-electron chi connectivity index (χ1n) is 5.34. The quantitative estimate of drug-likeness (QED) is 0.587. The largest absolute Gasteiger partial charge is 0.481 e. The predicted molar refractivity (Wildman–Crippen MR) is 81.2 cm³/mol. The smallest absolute Gasteiger partial charge is 0.313 e. The first-order valence-corrected chi connectivity index (χ1v) is 7.58. The molecule has 0 aliphatic carbocycles. The van der Waals surface area contributed by atoms with Gasteiger partial charge >= 0.3 is 5.97 Å². The molecule has 0 fully saturated rings. The molecule has 1 amide bonds. The van der Waals surface area contributed by atoms with E-state index < -0.39 is 5.97 Å². The maximum atomic E-state index is 11.8. The standard InChI is InChI=1S/C12H14INO3S/c1-8-2-3-9(6-10(8)13)12(17)14-4-5-18-7-11(15)16/h2-3,6H,4-5,7H2,1H3,(H,14,17)(H,15,16). The fourth-order valence-electron chi connectivity index (χ4n) is 1.23. The summed E-state index contributed by atoms with van der Waals surface area (Å²) >= 11 is 3.48. The monoisotopic (exact) mass is 379 g/mol. The lowest BCUT2D eigenvalue weighted by Crippen LogP contribution is -2.26. The molecule has 0 bridgehead atoms. The van der Waals surface area contributed by atoms with Gasteiger partial charge in [-0.15, -0.1) is 11.8 Å². The Morgan fingerprint density at radius 3 is 2.78 bits per heavy atom. The number of carboxylic acids is 1. The van der Waals surface area contributed by atoms with Crippen LogP contribution in [0.3, 0.4) is 0 Å². The summed E-state index contributed by atoms with van der Waals surface area (Å²) in [4.78, 5) is 22.0. The summed E-state index contributed by atoms with van der Waals surface area (Å²) in [5.74, 6) is -0.289. The number of aliphatic carboxylic acids is 1. The molecule has 0 aliphatic rings. The fourth-order valence-corrected chi connectivity index (χ4v) is 2.31. The highest BCUT2D eigenvalue weighted by atomic mass is 127. The Morgan fingerprint density at radius 2 is 2.17 bits per heavy atom. The van der Waals surface area contributed by atoms with Crippen LogP contribution in [0.5, 0.6) is 0 Å². The molecule has 0 aliphatic heterocycles. The number of hydrogen-bond donors (Lipinski definition) is 2. The van der Waals surface area contributed by atoms with Crippen molar-refractivity contribution in [2.75, 3.05) is 18.1 Å². The van der Waals surface area contributed by atoms with Gasteiger partial charge in [0.1, 0.15) is 0 Å². The Bertz CT molecular complexity index is 451. The molecule has 0 heterocycles. The number of benzene rings is 1. The molecule has 0 atom stereocenters. The number of halogens is 1. The molecular weight excluding hydrogens is 365 g/mol. The molecule has 0 radical (unpaired) electrons. The normalized spacial score (nSPS) is 10.1. The first-order chi connectivity index (χ1) is 8.50. The van der Waals surface area contributed by atoms with Gasteiger partial charge in [0, 0.05) is 21.4 Å². The van der Waals surface area contributed by atoms with E-state index in [-0.39, 0.29) is 11.7 Å². The average Bonchev–Trinajstić information content (AvgIpc) is 2.31. The van der Waals surface area contributed by atoms with E-state index in [9.17, 15) is 9.59 Å². The molecule has 98 valence electrons. The molecule has 18 heavy (non-hydrogen) atoms. The molecule has 1 aromatic carbocycles. The van der Waals surface area contributed by atoms with Gasteiger partial charge in [0.15, 0.2) is 0 Å². The van der Waals surface area contributed by atoms with Gasteiger partial charge in [-0.05, 0) is 47.2 Å². The van der Waals surface area contributed by atoms with Crippen LogP contribution in [0.15, 0.2) is 18.2 Å². The van der Waals surface area contributed by atoms with Crippen molar-refractivity contribution in [3.63, 3.8) is 0 Å². The molecule has 1 aromatic rings. The van der Waals surface area contributed by atoms with Gasteiger partial charge in [-0.2, -0.15) is 0 Å². The third-order valence-electron chi connectivity index (χ3n) is 2.19. The zero-order valence-electron chi connectivity index (χ0n) is 9.90. The summed E-state index contributed by atoms with van der Waals surface area (Å²) in [6.07, 6.45) is 0. The molecule has 0 spiro atoms. The third-order valence-corrected chi connectivity index (χ3v) is 4.30. The summed E-state index contributed by atoms with van der Waals surface area (Å²) in [7, 11) is 0. The maximum absolute atomic E-state index is 11.8. The van der Waals surface area contributed by atoms with Gasteiger partial charge in [-0.3, -0.25) is 9.59 Å². The van der Waals surface area contributed by atoms with Crippen molar-refractivity contribution in [1.29, 1.82) is 0 Å². The van der Waals surface area contributed by atoms with E-state index in [4.69, 9.17) is 5.11 Å². The molecule has 6 heteroatoms. The minimum Gasteiger partial charge on any atom is -0.481 e. The van der Waals surface area contributed by atoms with Gasteiger partial charge in [-0.1, -0.05) is 6.07 Å². The number of hydrogen-bond acceptors (Lipinski definition) is 3. The first kappa shape index (κ1) is 15.3. The van der Waals surface area contributed by atoms with Crippen molar-refractivity contribution < 1.29 is 14.7 Å². The lowest BCUT2D eigenvalue weighted by atomic mass is 10.1. The zero-order valence-corrected chi connectivity index (χ0v) is 12.9. The van der Waals surface area contributed by atoms with E-state index in [1.807, 2.05) is 19.1 Å². The minimum absolute atomic E-state index is 0.0678.